The zero-order chi connectivity index (χ0) is 14.5. The quantitative estimate of drug-likeness (QED) is 0.690. The van der Waals surface area contributed by atoms with E-state index in [4.69, 9.17) is 28.9 Å². The Morgan fingerprint density at radius 2 is 1.95 bits per heavy atom. The first-order chi connectivity index (χ1) is 9.54. The summed E-state index contributed by atoms with van der Waals surface area (Å²) in [5.74, 6) is 0.826. The number of thioether (sulfide) groups is 1. The molecule has 0 bridgehead atoms. The van der Waals surface area contributed by atoms with Crippen molar-refractivity contribution in [1.29, 1.82) is 0 Å². The summed E-state index contributed by atoms with van der Waals surface area (Å²) < 4.78 is 0.980. The van der Waals surface area contributed by atoms with Gasteiger partial charge in [0.1, 0.15) is 0 Å². The molecule has 0 heterocycles. The molecule has 0 fully saturated rings. The van der Waals surface area contributed by atoms with Crippen LogP contribution >= 0.6 is 50.9 Å². The van der Waals surface area contributed by atoms with E-state index >= 15 is 0 Å². The summed E-state index contributed by atoms with van der Waals surface area (Å²) in [6.07, 6.45) is 0.764. The number of benzene rings is 2. The Morgan fingerprint density at radius 3 is 2.65 bits per heavy atom. The molecule has 0 aliphatic carbocycles. The maximum absolute atomic E-state index is 6.20. The van der Waals surface area contributed by atoms with Crippen LogP contribution in [0.3, 0.4) is 0 Å². The Hall–Kier alpha value is -0.190. The van der Waals surface area contributed by atoms with Gasteiger partial charge in [-0.25, -0.2) is 0 Å². The average Bonchev–Trinajstić information content (AvgIpc) is 2.40. The van der Waals surface area contributed by atoms with Crippen molar-refractivity contribution in [2.75, 3.05) is 5.75 Å². The summed E-state index contributed by atoms with van der Waals surface area (Å²) in [6, 6.07) is 13.7. The second-order valence-corrected chi connectivity index (χ2v) is 7.32. The van der Waals surface area contributed by atoms with E-state index in [9.17, 15) is 0 Å². The number of nitrogens with two attached hydrogens (primary N) is 1. The van der Waals surface area contributed by atoms with Gasteiger partial charge in [0.05, 0.1) is 0 Å². The fourth-order valence-corrected chi connectivity index (χ4v) is 3.70. The van der Waals surface area contributed by atoms with Crippen LogP contribution < -0.4 is 5.73 Å². The summed E-state index contributed by atoms with van der Waals surface area (Å²) in [6.45, 7) is 0. The summed E-state index contributed by atoms with van der Waals surface area (Å²) >= 11 is 17.3. The third-order valence-electron chi connectivity index (χ3n) is 2.76. The standard InChI is InChI=1S/C15H14BrCl2NS/c16-11-5-4-10(15(18)7-11)6-13(19)9-20-14-3-1-2-12(17)8-14/h1-5,7-8,13H,6,9,19H2. The van der Waals surface area contributed by atoms with Crippen molar-refractivity contribution >= 4 is 50.9 Å². The van der Waals surface area contributed by atoms with Crippen molar-refractivity contribution in [1.82, 2.24) is 0 Å². The average molecular weight is 391 g/mol. The first kappa shape index (κ1) is 16.2. The number of hydrogen-bond acceptors (Lipinski definition) is 2. The first-order valence-corrected chi connectivity index (χ1v) is 8.66. The third-order valence-corrected chi connectivity index (χ3v) is 5.02. The molecule has 2 rings (SSSR count). The summed E-state index contributed by atoms with van der Waals surface area (Å²) in [5.41, 5.74) is 7.25. The Balaban J connectivity index is 1.90. The lowest BCUT2D eigenvalue weighted by molar-refractivity contribution is 0.749. The van der Waals surface area contributed by atoms with Crippen LogP contribution in [0, 0.1) is 0 Å². The Kier molecular flexibility index (Phi) is 6.24. The van der Waals surface area contributed by atoms with E-state index in [1.165, 1.54) is 0 Å². The van der Waals surface area contributed by atoms with Gasteiger partial charge in [0.2, 0.25) is 0 Å². The molecule has 2 N–H and O–H groups in total. The first-order valence-electron chi connectivity index (χ1n) is 6.12. The Morgan fingerprint density at radius 1 is 1.15 bits per heavy atom. The van der Waals surface area contributed by atoms with Crippen LogP contribution in [0.15, 0.2) is 51.8 Å². The van der Waals surface area contributed by atoms with Gasteiger partial charge in [-0.3, -0.25) is 0 Å². The van der Waals surface area contributed by atoms with Crippen LogP contribution in [0.4, 0.5) is 0 Å². The maximum atomic E-state index is 6.20. The highest BCUT2D eigenvalue weighted by atomic mass is 79.9. The van der Waals surface area contributed by atoms with E-state index in [0.29, 0.717) is 0 Å². The predicted molar refractivity (Wildman–Crippen MR) is 93.0 cm³/mol. The molecule has 2 aromatic carbocycles. The minimum absolute atomic E-state index is 0.0534. The van der Waals surface area contributed by atoms with Crippen molar-refractivity contribution in [2.24, 2.45) is 5.73 Å². The molecule has 0 radical (unpaired) electrons. The van der Waals surface area contributed by atoms with E-state index in [1.54, 1.807) is 11.8 Å². The van der Waals surface area contributed by atoms with Crippen molar-refractivity contribution in [2.45, 2.75) is 17.4 Å². The highest BCUT2D eigenvalue weighted by Crippen LogP contribution is 2.25. The van der Waals surface area contributed by atoms with E-state index in [0.717, 1.165) is 37.2 Å². The molecule has 5 heteroatoms. The monoisotopic (exact) mass is 389 g/mol. The van der Waals surface area contributed by atoms with Gasteiger partial charge < -0.3 is 5.73 Å². The van der Waals surface area contributed by atoms with E-state index in [-0.39, 0.29) is 6.04 Å². The molecule has 2 aromatic rings. The van der Waals surface area contributed by atoms with Gasteiger partial charge in [0.15, 0.2) is 0 Å². The van der Waals surface area contributed by atoms with Gasteiger partial charge in [-0.1, -0.05) is 51.3 Å². The highest BCUT2D eigenvalue weighted by Gasteiger charge is 2.08. The van der Waals surface area contributed by atoms with E-state index in [1.807, 2.05) is 42.5 Å². The minimum Gasteiger partial charge on any atom is -0.327 e. The lowest BCUT2D eigenvalue weighted by Crippen LogP contribution is -2.25. The third kappa shape index (κ3) is 4.97. The SMILES string of the molecule is NC(CSc1cccc(Cl)c1)Cc1ccc(Br)cc1Cl. The van der Waals surface area contributed by atoms with Crippen LogP contribution in [0.2, 0.25) is 10.0 Å². The summed E-state index contributed by atoms with van der Waals surface area (Å²) in [5, 5.41) is 1.50. The number of rotatable bonds is 5. The second kappa shape index (κ2) is 7.71. The Labute approximate surface area is 142 Å². The van der Waals surface area contributed by atoms with Crippen molar-refractivity contribution in [3.63, 3.8) is 0 Å². The number of halogens is 3. The molecule has 20 heavy (non-hydrogen) atoms. The molecule has 0 saturated heterocycles. The van der Waals surface area contributed by atoms with Crippen LogP contribution in [-0.2, 0) is 6.42 Å². The molecule has 0 aliphatic rings. The summed E-state index contributed by atoms with van der Waals surface area (Å²) in [7, 11) is 0. The fourth-order valence-electron chi connectivity index (χ4n) is 1.79. The molecular weight excluding hydrogens is 377 g/mol. The van der Waals surface area contributed by atoms with Crippen LogP contribution in [0.25, 0.3) is 0 Å². The zero-order valence-corrected chi connectivity index (χ0v) is 14.6. The predicted octanol–water partition coefficient (Wildman–Crippen LogP) is 5.42. The minimum atomic E-state index is 0.0534. The fraction of sp³-hybridized carbons (Fsp3) is 0.200. The molecule has 0 spiro atoms. The molecule has 1 atom stereocenters. The smallest absolute Gasteiger partial charge is 0.0449 e. The van der Waals surface area contributed by atoms with Gasteiger partial charge in [-0.05, 0) is 42.3 Å². The van der Waals surface area contributed by atoms with E-state index < -0.39 is 0 Å². The molecule has 1 nitrogen and oxygen atoms in total. The highest BCUT2D eigenvalue weighted by molar-refractivity contribution is 9.10. The van der Waals surface area contributed by atoms with Gasteiger partial charge in [-0.2, -0.15) is 0 Å². The molecule has 0 aromatic heterocycles. The lowest BCUT2D eigenvalue weighted by atomic mass is 10.1. The molecule has 0 saturated carbocycles. The topological polar surface area (TPSA) is 26.0 Å². The second-order valence-electron chi connectivity index (χ2n) is 4.47. The summed E-state index contributed by atoms with van der Waals surface area (Å²) in [4.78, 5) is 1.13. The maximum Gasteiger partial charge on any atom is 0.0449 e. The van der Waals surface area contributed by atoms with Gasteiger partial charge >= 0.3 is 0 Å². The van der Waals surface area contributed by atoms with E-state index in [2.05, 4.69) is 15.9 Å². The van der Waals surface area contributed by atoms with Crippen LogP contribution in [0.1, 0.15) is 5.56 Å². The molecule has 1 unspecified atom stereocenters. The normalized spacial score (nSPS) is 12.4. The van der Waals surface area contributed by atoms with Crippen LogP contribution in [-0.4, -0.2) is 11.8 Å². The van der Waals surface area contributed by atoms with Crippen molar-refractivity contribution in [3.8, 4) is 0 Å². The van der Waals surface area contributed by atoms with Crippen molar-refractivity contribution in [3.05, 3.63) is 62.5 Å². The van der Waals surface area contributed by atoms with Gasteiger partial charge in [-0.15, -0.1) is 11.8 Å². The molecule has 106 valence electrons. The largest absolute Gasteiger partial charge is 0.327 e. The molecule has 0 aliphatic heterocycles. The Bertz CT molecular complexity index is 592. The van der Waals surface area contributed by atoms with Gasteiger partial charge in [0, 0.05) is 31.2 Å². The van der Waals surface area contributed by atoms with Crippen LogP contribution in [0.5, 0.6) is 0 Å². The van der Waals surface area contributed by atoms with Crippen molar-refractivity contribution < 1.29 is 0 Å². The lowest BCUT2D eigenvalue weighted by Gasteiger charge is -2.13. The van der Waals surface area contributed by atoms with Gasteiger partial charge in [0.25, 0.3) is 0 Å². The molecular formula is C15H14BrCl2NS. The zero-order valence-electron chi connectivity index (χ0n) is 10.7. The number of hydrogen-bond donors (Lipinski definition) is 1. The molecule has 0 amide bonds.